The van der Waals surface area contributed by atoms with Crippen molar-refractivity contribution in [2.75, 3.05) is 17.3 Å². The molecule has 118 valence electrons. The maximum absolute atomic E-state index is 6.11. The number of halogens is 2. The average molecular weight is 366 g/mol. The lowest BCUT2D eigenvalue weighted by Gasteiger charge is -2.10. The number of thioether (sulfide) groups is 1. The van der Waals surface area contributed by atoms with Crippen molar-refractivity contribution < 1.29 is 0 Å². The van der Waals surface area contributed by atoms with Crippen molar-refractivity contribution in [2.45, 2.75) is 11.8 Å². The van der Waals surface area contributed by atoms with Gasteiger partial charge in [0, 0.05) is 22.5 Å². The van der Waals surface area contributed by atoms with Crippen molar-refractivity contribution in [3.8, 4) is 0 Å². The first-order valence-electron chi connectivity index (χ1n) is 6.69. The zero-order valence-corrected chi connectivity index (χ0v) is 14.7. The first kappa shape index (κ1) is 16.1. The van der Waals surface area contributed by atoms with Gasteiger partial charge in [0.2, 0.25) is 5.95 Å². The van der Waals surface area contributed by atoms with Gasteiger partial charge in [0.05, 0.1) is 10.4 Å². The number of hydrogen-bond acceptors (Lipinski definition) is 6. The number of nitrogens with two attached hydrogens (primary N) is 1. The molecule has 0 amide bonds. The number of rotatable bonds is 3. The van der Waals surface area contributed by atoms with Crippen LogP contribution in [0.15, 0.2) is 29.2 Å². The molecule has 3 aromatic rings. The Kier molecular flexibility index (Phi) is 4.48. The molecule has 1 aromatic carbocycles. The number of aromatic nitrogens is 3. The number of anilines is 3. The van der Waals surface area contributed by atoms with Gasteiger partial charge in [-0.3, -0.25) is 4.98 Å². The van der Waals surface area contributed by atoms with E-state index in [1.165, 1.54) is 11.8 Å². The third kappa shape index (κ3) is 3.29. The predicted molar refractivity (Wildman–Crippen MR) is 98.0 cm³/mol. The summed E-state index contributed by atoms with van der Waals surface area (Å²) >= 11 is 13.6. The van der Waals surface area contributed by atoms with Crippen LogP contribution in [0, 0.1) is 6.92 Å². The Morgan fingerprint density at radius 1 is 1.09 bits per heavy atom. The van der Waals surface area contributed by atoms with E-state index in [1.54, 1.807) is 0 Å². The predicted octanol–water partition coefficient (Wildman–Crippen LogP) is 4.69. The second kappa shape index (κ2) is 6.39. The summed E-state index contributed by atoms with van der Waals surface area (Å²) in [6.45, 7) is 1.91. The standard InChI is InChI=1S/C15H13Cl2N5S/c1-7-5-10(18)9-6-8(3-4-11(9)19-7)20-15-21-13(16)12(23-2)14(17)22-15/h3-6H,1-2H3,(H2,18,19)(H,20,21,22). The zero-order valence-electron chi connectivity index (χ0n) is 12.4. The van der Waals surface area contributed by atoms with Crippen molar-refractivity contribution in [2.24, 2.45) is 0 Å². The summed E-state index contributed by atoms with van der Waals surface area (Å²) in [4.78, 5) is 13.5. The molecule has 23 heavy (non-hydrogen) atoms. The average Bonchev–Trinajstić information content (AvgIpc) is 2.47. The third-order valence-electron chi connectivity index (χ3n) is 3.21. The van der Waals surface area contributed by atoms with Crippen LogP contribution in [0.2, 0.25) is 10.3 Å². The molecule has 0 bridgehead atoms. The van der Waals surface area contributed by atoms with Gasteiger partial charge in [0.15, 0.2) is 0 Å². The molecule has 8 heteroatoms. The molecule has 0 saturated carbocycles. The van der Waals surface area contributed by atoms with Crippen molar-refractivity contribution in [3.63, 3.8) is 0 Å². The molecule has 0 aliphatic carbocycles. The second-order valence-electron chi connectivity index (χ2n) is 4.87. The molecule has 5 nitrogen and oxygen atoms in total. The van der Waals surface area contributed by atoms with E-state index in [0.29, 0.717) is 26.8 Å². The summed E-state index contributed by atoms with van der Waals surface area (Å²) < 4.78 is 0. The SMILES string of the molecule is CSc1c(Cl)nc(Nc2ccc3nc(C)cc(N)c3c2)nc1Cl. The number of pyridine rings is 1. The summed E-state index contributed by atoms with van der Waals surface area (Å²) in [5, 5.41) is 4.58. The maximum Gasteiger partial charge on any atom is 0.230 e. The molecule has 0 spiro atoms. The van der Waals surface area contributed by atoms with Crippen LogP contribution in [0.5, 0.6) is 0 Å². The first-order valence-corrected chi connectivity index (χ1v) is 8.67. The van der Waals surface area contributed by atoms with E-state index in [4.69, 9.17) is 28.9 Å². The first-order chi connectivity index (χ1) is 11.0. The Morgan fingerprint density at radius 3 is 2.43 bits per heavy atom. The lowest BCUT2D eigenvalue weighted by Crippen LogP contribution is -2.00. The minimum Gasteiger partial charge on any atom is -0.398 e. The Balaban J connectivity index is 1.99. The summed E-state index contributed by atoms with van der Waals surface area (Å²) in [6, 6.07) is 7.50. The summed E-state index contributed by atoms with van der Waals surface area (Å²) in [6.07, 6.45) is 1.87. The Morgan fingerprint density at radius 2 is 1.78 bits per heavy atom. The third-order valence-corrected chi connectivity index (χ3v) is 4.78. The highest BCUT2D eigenvalue weighted by molar-refractivity contribution is 7.98. The van der Waals surface area contributed by atoms with Crippen LogP contribution >= 0.6 is 35.0 Å². The van der Waals surface area contributed by atoms with E-state index in [2.05, 4.69) is 20.3 Å². The molecule has 0 aliphatic rings. The summed E-state index contributed by atoms with van der Waals surface area (Å²) in [5.74, 6) is 0.329. The van der Waals surface area contributed by atoms with Crippen LogP contribution in [0.1, 0.15) is 5.69 Å². The van der Waals surface area contributed by atoms with Gasteiger partial charge < -0.3 is 11.1 Å². The van der Waals surface area contributed by atoms with Crippen molar-refractivity contribution in [1.29, 1.82) is 0 Å². The van der Waals surface area contributed by atoms with Gasteiger partial charge in [-0.2, -0.15) is 9.97 Å². The second-order valence-corrected chi connectivity index (χ2v) is 6.40. The smallest absolute Gasteiger partial charge is 0.230 e. The molecule has 0 aliphatic heterocycles. The number of benzene rings is 1. The number of nitrogens with zero attached hydrogens (tertiary/aromatic N) is 3. The van der Waals surface area contributed by atoms with Crippen molar-refractivity contribution in [3.05, 3.63) is 40.3 Å². The lowest BCUT2D eigenvalue weighted by atomic mass is 10.1. The molecule has 2 aromatic heterocycles. The fourth-order valence-electron chi connectivity index (χ4n) is 2.22. The van der Waals surface area contributed by atoms with Crippen molar-refractivity contribution in [1.82, 2.24) is 15.0 Å². The molecular weight excluding hydrogens is 353 g/mol. The lowest BCUT2D eigenvalue weighted by molar-refractivity contribution is 1.10. The van der Waals surface area contributed by atoms with Gasteiger partial charge in [-0.1, -0.05) is 23.2 Å². The van der Waals surface area contributed by atoms with E-state index >= 15 is 0 Å². The largest absolute Gasteiger partial charge is 0.398 e. The molecule has 0 unspecified atom stereocenters. The van der Waals surface area contributed by atoms with E-state index in [9.17, 15) is 0 Å². The molecule has 0 saturated heterocycles. The summed E-state index contributed by atoms with van der Waals surface area (Å²) in [7, 11) is 0. The van der Waals surface area contributed by atoms with Gasteiger partial charge in [0.25, 0.3) is 0 Å². The quantitative estimate of drug-likeness (QED) is 0.517. The van der Waals surface area contributed by atoms with Crippen LogP contribution in [0.25, 0.3) is 10.9 Å². The normalized spacial score (nSPS) is 11.0. The highest BCUT2D eigenvalue weighted by Gasteiger charge is 2.11. The van der Waals surface area contributed by atoms with Gasteiger partial charge in [-0.05, 0) is 37.4 Å². The number of nitrogen functional groups attached to an aromatic ring is 1. The Labute approximate surface area is 147 Å². The monoisotopic (exact) mass is 365 g/mol. The Hall–Kier alpha value is -1.76. The van der Waals surface area contributed by atoms with Crippen LogP contribution in [0.3, 0.4) is 0 Å². The molecule has 3 N–H and O–H groups in total. The molecular formula is C15H13Cl2N5S. The van der Waals surface area contributed by atoms with Gasteiger partial charge >= 0.3 is 0 Å². The molecule has 2 heterocycles. The fourth-order valence-corrected chi connectivity index (χ4v) is 3.50. The number of fused-ring (bicyclic) bond motifs is 1. The number of nitrogens with one attached hydrogen (secondary N) is 1. The van der Waals surface area contributed by atoms with Gasteiger partial charge in [0.1, 0.15) is 10.3 Å². The number of hydrogen-bond donors (Lipinski definition) is 2. The highest BCUT2D eigenvalue weighted by atomic mass is 35.5. The minimum atomic E-state index is 0.317. The fraction of sp³-hybridized carbons (Fsp3) is 0.133. The summed E-state index contributed by atoms with van der Waals surface area (Å²) in [5.41, 5.74) is 9.23. The highest BCUT2D eigenvalue weighted by Crippen LogP contribution is 2.32. The van der Waals surface area contributed by atoms with Crippen molar-refractivity contribution >= 4 is 63.2 Å². The molecule has 0 fully saturated rings. The van der Waals surface area contributed by atoms with Crippen LogP contribution in [0.4, 0.5) is 17.3 Å². The topological polar surface area (TPSA) is 76.7 Å². The van der Waals surface area contributed by atoms with E-state index in [-0.39, 0.29) is 0 Å². The minimum absolute atomic E-state index is 0.317. The zero-order chi connectivity index (χ0) is 16.6. The van der Waals surface area contributed by atoms with E-state index in [0.717, 1.165) is 22.3 Å². The van der Waals surface area contributed by atoms with Crippen LogP contribution in [-0.4, -0.2) is 21.2 Å². The van der Waals surface area contributed by atoms with Crippen LogP contribution < -0.4 is 11.1 Å². The Bertz CT molecular complexity index is 877. The van der Waals surface area contributed by atoms with Gasteiger partial charge in [-0.25, -0.2) is 0 Å². The van der Waals surface area contributed by atoms with E-state index in [1.807, 2.05) is 37.4 Å². The van der Waals surface area contributed by atoms with Gasteiger partial charge in [-0.15, -0.1) is 11.8 Å². The molecule has 3 rings (SSSR count). The molecule has 0 atom stereocenters. The van der Waals surface area contributed by atoms with E-state index < -0.39 is 0 Å². The maximum atomic E-state index is 6.11. The van der Waals surface area contributed by atoms with Crippen LogP contribution in [-0.2, 0) is 0 Å². The number of aryl methyl sites for hydroxylation is 1. The molecule has 0 radical (unpaired) electrons.